The summed E-state index contributed by atoms with van der Waals surface area (Å²) in [6.45, 7) is 6.74. The van der Waals surface area contributed by atoms with Gasteiger partial charge in [-0.2, -0.15) is 0 Å². The summed E-state index contributed by atoms with van der Waals surface area (Å²) in [5.74, 6) is -2.62. The Labute approximate surface area is 124 Å². The molecule has 0 unspecified atom stereocenters. The zero-order chi connectivity index (χ0) is 14.3. The summed E-state index contributed by atoms with van der Waals surface area (Å²) in [5, 5.41) is 15.4. The normalized spacial score (nSPS) is 10.3. The van der Waals surface area contributed by atoms with Crippen molar-refractivity contribution < 1.29 is 19.8 Å². The summed E-state index contributed by atoms with van der Waals surface area (Å²) in [6, 6.07) is 8.93. The van der Waals surface area contributed by atoms with Crippen molar-refractivity contribution >= 4 is 42.7 Å². The van der Waals surface area contributed by atoms with Crippen LogP contribution in [-0.4, -0.2) is 50.1 Å². The quantitative estimate of drug-likeness (QED) is 0.621. The van der Waals surface area contributed by atoms with E-state index in [9.17, 15) is 9.59 Å². The van der Waals surface area contributed by atoms with Gasteiger partial charge in [0.1, 0.15) is 6.42 Å². The second kappa shape index (κ2) is 7.56. The monoisotopic (exact) mass is 260 g/mol. The van der Waals surface area contributed by atoms with Crippen LogP contribution in [0.1, 0.15) is 32.8 Å². The molecule has 5 heteroatoms. The summed E-state index contributed by atoms with van der Waals surface area (Å²) in [7, 11) is 0. The molecule has 94 valence electrons. The SMILES string of the molecule is CC(C)(C)c1cc[c]([Na])cc1.O=C(O)CC(=O)O. The fourth-order valence-corrected chi connectivity index (χ4v) is 1.52. The summed E-state index contributed by atoms with van der Waals surface area (Å²) in [6.07, 6.45) is -0.806. The molecule has 0 aliphatic heterocycles. The van der Waals surface area contributed by atoms with Crippen LogP contribution in [-0.2, 0) is 15.0 Å². The van der Waals surface area contributed by atoms with Gasteiger partial charge in [0.2, 0.25) is 0 Å². The topological polar surface area (TPSA) is 74.6 Å². The minimum Gasteiger partial charge on any atom is -0.481 e. The second-order valence-electron chi connectivity index (χ2n) is 5.08. The van der Waals surface area contributed by atoms with E-state index >= 15 is 0 Å². The summed E-state index contributed by atoms with van der Waals surface area (Å²) < 4.78 is 1.47. The van der Waals surface area contributed by atoms with Crippen LogP contribution >= 0.6 is 0 Å². The molecule has 0 fully saturated rings. The van der Waals surface area contributed by atoms with Crippen molar-refractivity contribution in [1.82, 2.24) is 0 Å². The standard InChI is InChI=1S/C10H13.C3H4O4.Na/c1-10(2,3)9-7-5-4-6-8-9;4-2(5)1-3(6)7;/h5-8H,1-3H3;1H2,(H,4,5)(H,6,7);. The van der Waals surface area contributed by atoms with Gasteiger partial charge >= 0.3 is 98.7 Å². The van der Waals surface area contributed by atoms with Crippen molar-refractivity contribution in [2.45, 2.75) is 32.6 Å². The van der Waals surface area contributed by atoms with E-state index in [0.29, 0.717) is 5.41 Å². The Balaban J connectivity index is 0.000000360. The van der Waals surface area contributed by atoms with Gasteiger partial charge < -0.3 is 10.2 Å². The molecule has 2 N–H and O–H groups in total. The van der Waals surface area contributed by atoms with Gasteiger partial charge in [0.25, 0.3) is 0 Å². The third-order valence-electron chi connectivity index (χ3n) is 2.22. The molecule has 4 nitrogen and oxygen atoms in total. The molecule has 0 saturated heterocycles. The molecule has 1 aromatic rings. The fraction of sp³-hybridized carbons (Fsp3) is 0.385. The van der Waals surface area contributed by atoms with Crippen LogP contribution in [0.4, 0.5) is 0 Å². The van der Waals surface area contributed by atoms with E-state index in [2.05, 4.69) is 45.0 Å². The van der Waals surface area contributed by atoms with E-state index in [1.54, 1.807) is 0 Å². The van der Waals surface area contributed by atoms with E-state index in [0.717, 1.165) is 27.9 Å². The van der Waals surface area contributed by atoms with Crippen LogP contribution in [0.15, 0.2) is 24.3 Å². The maximum atomic E-state index is 9.43. The molecule has 0 aliphatic rings. The van der Waals surface area contributed by atoms with Crippen molar-refractivity contribution in [3.63, 3.8) is 0 Å². The molecule has 1 rings (SSSR count). The Hall–Kier alpha value is -0.840. The Morgan fingerprint density at radius 1 is 1.06 bits per heavy atom. The van der Waals surface area contributed by atoms with Gasteiger partial charge in [-0.15, -0.1) is 0 Å². The minimum atomic E-state index is -1.31. The Morgan fingerprint density at radius 3 is 1.67 bits per heavy atom. The van der Waals surface area contributed by atoms with E-state index < -0.39 is 18.4 Å². The van der Waals surface area contributed by atoms with Gasteiger partial charge in [-0.05, 0) is 0 Å². The number of carboxylic acids is 2. The van der Waals surface area contributed by atoms with E-state index in [1.807, 2.05) is 0 Å². The molecule has 1 aromatic carbocycles. The molecular weight excluding hydrogens is 243 g/mol. The predicted octanol–water partition coefficient (Wildman–Crippen LogP) is 1.32. The molecule has 0 bridgehead atoms. The first-order valence-corrected chi connectivity index (χ1v) is 6.63. The third-order valence-corrected chi connectivity index (χ3v) is 2.89. The first kappa shape index (κ1) is 17.2. The van der Waals surface area contributed by atoms with Gasteiger partial charge in [0, 0.05) is 0 Å². The number of benzene rings is 1. The van der Waals surface area contributed by atoms with E-state index in [-0.39, 0.29) is 0 Å². The Morgan fingerprint density at radius 2 is 1.44 bits per heavy atom. The Kier molecular flexibility index (Phi) is 7.21. The first-order chi connectivity index (χ1) is 8.12. The number of rotatable bonds is 2. The van der Waals surface area contributed by atoms with Gasteiger partial charge in [0.05, 0.1) is 0 Å². The van der Waals surface area contributed by atoms with Crippen LogP contribution in [0.2, 0.25) is 0 Å². The zero-order valence-corrected chi connectivity index (χ0v) is 13.2. The molecule has 0 spiro atoms. The molecule has 0 aromatic heterocycles. The maximum Gasteiger partial charge on any atom is 0.314 e. The molecule has 0 heterocycles. The van der Waals surface area contributed by atoms with Crippen LogP contribution < -0.4 is 2.81 Å². The number of carbonyl (C=O) groups is 2. The van der Waals surface area contributed by atoms with Gasteiger partial charge in [-0.25, -0.2) is 0 Å². The van der Waals surface area contributed by atoms with Crippen LogP contribution in [0.3, 0.4) is 0 Å². The minimum absolute atomic E-state index is 0.301. The van der Waals surface area contributed by atoms with Gasteiger partial charge in [-0.3, -0.25) is 9.59 Å². The van der Waals surface area contributed by atoms with Crippen LogP contribution in [0, 0.1) is 0 Å². The van der Waals surface area contributed by atoms with Crippen molar-refractivity contribution in [1.29, 1.82) is 0 Å². The average Bonchev–Trinajstić information content (AvgIpc) is 2.15. The number of hydrogen-bond donors (Lipinski definition) is 2. The predicted molar refractivity (Wildman–Crippen MR) is 70.4 cm³/mol. The van der Waals surface area contributed by atoms with Crippen LogP contribution in [0.25, 0.3) is 0 Å². The van der Waals surface area contributed by atoms with E-state index in [4.69, 9.17) is 10.2 Å². The molecule has 0 atom stereocenters. The molecule has 0 radical (unpaired) electrons. The second-order valence-corrected chi connectivity index (χ2v) is 6.23. The summed E-state index contributed by atoms with van der Waals surface area (Å²) in [5.41, 5.74) is 1.73. The maximum absolute atomic E-state index is 9.43. The smallest absolute Gasteiger partial charge is 0.314 e. The van der Waals surface area contributed by atoms with Gasteiger partial charge in [-0.1, -0.05) is 0 Å². The van der Waals surface area contributed by atoms with E-state index in [1.165, 1.54) is 8.38 Å². The summed E-state index contributed by atoms with van der Waals surface area (Å²) in [4.78, 5) is 18.9. The number of carboxylic acid groups (broad SMARTS) is 2. The van der Waals surface area contributed by atoms with Crippen molar-refractivity contribution in [2.75, 3.05) is 0 Å². The van der Waals surface area contributed by atoms with Gasteiger partial charge in [0.15, 0.2) is 0 Å². The molecular formula is C13H17NaO4. The first-order valence-electron chi connectivity index (χ1n) is 5.63. The third kappa shape index (κ3) is 8.28. The largest absolute Gasteiger partial charge is 0.481 e. The van der Waals surface area contributed by atoms with Crippen LogP contribution in [0.5, 0.6) is 0 Å². The summed E-state index contributed by atoms with van der Waals surface area (Å²) >= 11 is 1.16. The van der Waals surface area contributed by atoms with Crippen molar-refractivity contribution in [3.05, 3.63) is 29.8 Å². The zero-order valence-electron chi connectivity index (χ0n) is 11.2. The molecule has 18 heavy (non-hydrogen) atoms. The molecule has 0 aliphatic carbocycles. The van der Waals surface area contributed by atoms with Crippen molar-refractivity contribution in [2.24, 2.45) is 0 Å². The number of aliphatic carboxylic acids is 2. The molecule has 0 amide bonds. The average molecular weight is 260 g/mol. The molecule has 0 saturated carbocycles. The van der Waals surface area contributed by atoms with Crippen molar-refractivity contribution in [3.8, 4) is 0 Å². The number of hydrogen-bond acceptors (Lipinski definition) is 2. The Bertz CT molecular complexity index is 392. The fourth-order valence-electron chi connectivity index (χ4n) is 1.18.